The molecule has 2 aliphatic rings. The van der Waals surface area contributed by atoms with E-state index in [2.05, 4.69) is 228 Å². The molecule has 0 amide bonds. The van der Waals surface area contributed by atoms with E-state index in [9.17, 15) is 4.79 Å². The van der Waals surface area contributed by atoms with E-state index in [0.717, 1.165) is 82.8 Å². The monoisotopic (exact) mass is 1050 g/mol. The van der Waals surface area contributed by atoms with E-state index >= 15 is 0 Å². The summed E-state index contributed by atoms with van der Waals surface area (Å²) >= 11 is 0. The molecule has 0 saturated heterocycles. The number of ether oxygens (including phenoxy) is 4. The van der Waals surface area contributed by atoms with Crippen molar-refractivity contribution >= 4 is 47.7 Å². The smallest absolute Gasteiger partial charge is 0.153 e. The van der Waals surface area contributed by atoms with Crippen molar-refractivity contribution in [3.8, 4) is 45.3 Å². The van der Waals surface area contributed by atoms with Gasteiger partial charge in [-0.25, -0.2) is 0 Å². The maximum atomic E-state index is 12.4. The number of carbonyl (C=O) groups is 1. The number of hydrogen-bond donors (Lipinski definition) is 0. The molecule has 0 spiro atoms. The Hall–Kier alpha value is -7.31. The van der Waals surface area contributed by atoms with Crippen LogP contribution in [0.2, 0.25) is 0 Å². The Balaban J connectivity index is 1.08. The normalized spacial score (nSPS) is 13.8. The van der Waals surface area contributed by atoms with Gasteiger partial charge in [0.25, 0.3) is 0 Å². The van der Waals surface area contributed by atoms with Crippen molar-refractivity contribution in [2.45, 2.75) is 120 Å². The summed E-state index contributed by atoms with van der Waals surface area (Å²) in [6.07, 6.45) is 12.9. The highest BCUT2D eigenvalue weighted by atomic mass is 16.5. The Morgan fingerprint density at radius 1 is 0.380 bits per heavy atom. The van der Waals surface area contributed by atoms with Crippen LogP contribution in [-0.4, -0.2) is 32.7 Å². The highest BCUT2D eigenvalue weighted by Crippen LogP contribution is 2.53. The molecule has 0 saturated carbocycles. The van der Waals surface area contributed by atoms with E-state index in [4.69, 9.17) is 18.9 Å². The average molecular weight is 1050 g/mol. The van der Waals surface area contributed by atoms with Crippen LogP contribution < -0.4 is 23.8 Å². The topological polar surface area (TPSA) is 57.2 Å². The van der Waals surface area contributed by atoms with Gasteiger partial charge in [-0.15, -0.1) is 0 Å². The van der Waals surface area contributed by atoms with Crippen LogP contribution in [0, 0.1) is 23.7 Å². The average Bonchev–Trinajstić information content (AvgIpc) is 3.98. The van der Waals surface area contributed by atoms with Gasteiger partial charge in [-0.1, -0.05) is 180 Å². The van der Waals surface area contributed by atoms with Crippen LogP contribution in [-0.2, 0) is 10.8 Å². The van der Waals surface area contributed by atoms with E-state index in [1.165, 1.54) is 44.5 Å². The second kappa shape index (κ2) is 24.4. The standard InChI is InChI=1S/C73H83NO5/c1-48(2)33-37-76-68-42-54(25-26-55-43-71(79-40-36-51(7)8)56(47-75)44-70(55)78-39-35-50(5)6)69(77-38-34-49(3)4)41-53(68)24-21-52-22-27-57(28-23-52)74(58-29-31-62-60-17-13-15-19-64(60)72(9,10)66(62)45-58)59-30-32-63-61-18-14-16-20-65(61)73(11,12)67(63)46-59/h13-32,41-51H,33-40H2,1-12H3/b24-21+,26-25+. The van der Waals surface area contributed by atoms with Crippen molar-refractivity contribution in [3.05, 3.63) is 184 Å². The molecule has 6 heteroatoms. The van der Waals surface area contributed by atoms with Gasteiger partial charge in [-0.05, 0) is 160 Å². The fourth-order valence-corrected chi connectivity index (χ4v) is 11.0. The van der Waals surface area contributed by atoms with E-state index in [0.29, 0.717) is 67.2 Å². The molecule has 0 unspecified atom stereocenters. The van der Waals surface area contributed by atoms with Gasteiger partial charge >= 0.3 is 0 Å². The van der Waals surface area contributed by atoms with Crippen molar-refractivity contribution < 1.29 is 23.7 Å². The largest absolute Gasteiger partial charge is 0.493 e. The minimum atomic E-state index is -0.142. The summed E-state index contributed by atoms with van der Waals surface area (Å²) < 4.78 is 26.0. The molecule has 0 bridgehead atoms. The zero-order valence-corrected chi connectivity index (χ0v) is 49.0. The van der Waals surface area contributed by atoms with Gasteiger partial charge in [0.05, 0.1) is 32.0 Å². The van der Waals surface area contributed by atoms with E-state index in [1.54, 1.807) is 0 Å². The van der Waals surface area contributed by atoms with Gasteiger partial charge in [0, 0.05) is 44.6 Å². The van der Waals surface area contributed by atoms with Crippen LogP contribution in [0.15, 0.2) is 133 Å². The van der Waals surface area contributed by atoms with Crippen molar-refractivity contribution in [2.75, 3.05) is 31.3 Å². The summed E-state index contributed by atoms with van der Waals surface area (Å²) in [4.78, 5) is 14.8. The van der Waals surface area contributed by atoms with Crippen molar-refractivity contribution in [1.29, 1.82) is 0 Å². The first-order valence-electron chi connectivity index (χ1n) is 29.0. The van der Waals surface area contributed by atoms with Crippen LogP contribution in [0.3, 0.4) is 0 Å². The molecule has 0 fully saturated rings. The maximum absolute atomic E-state index is 12.4. The zero-order valence-electron chi connectivity index (χ0n) is 49.0. The molecule has 79 heavy (non-hydrogen) atoms. The summed E-state index contributed by atoms with van der Waals surface area (Å²) in [6.45, 7) is 29.2. The summed E-state index contributed by atoms with van der Waals surface area (Å²) in [5, 5.41) is 0. The van der Waals surface area contributed by atoms with Gasteiger partial charge in [0.2, 0.25) is 0 Å². The fourth-order valence-electron chi connectivity index (χ4n) is 11.0. The molecule has 0 radical (unpaired) electrons. The first-order valence-corrected chi connectivity index (χ1v) is 29.0. The maximum Gasteiger partial charge on any atom is 0.153 e. The van der Waals surface area contributed by atoms with E-state index in [-0.39, 0.29) is 10.8 Å². The van der Waals surface area contributed by atoms with Gasteiger partial charge in [0.1, 0.15) is 23.0 Å². The lowest BCUT2D eigenvalue weighted by atomic mass is 9.82. The Morgan fingerprint density at radius 3 is 1.09 bits per heavy atom. The van der Waals surface area contributed by atoms with Crippen LogP contribution in [0.1, 0.15) is 164 Å². The van der Waals surface area contributed by atoms with Gasteiger partial charge in [0.15, 0.2) is 6.29 Å². The molecule has 7 aromatic carbocycles. The fraction of sp³-hybridized carbons (Fsp3) is 0.356. The molecule has 7 aromatic rings. The third-order valence-corrected chi connectivity index (χ3v) is 15.9. The molecule has 0 heterocycles. The third kappa shape index (κ3) is 12.6. The van der Waals surface area contributed by atoms with Gasteiger partial charge in [-0.3, -0.25) is 4.79 Å². The summed E-state index contributed by atoms with van der Waals surface area (Å²) in [5.41, 5.74) is 17.9. The quantitative estimate of drug-likeness (QED) is 0.0444. The third-order valence-electron chi connectivity index (χ3n) is 15.9. The Morgan fingerprint density at radius 2 is 0.709 bits per heavy atom. The second-order valence-electron chi connectivity index (χ2n) is 24.5. The predicted octanol–water partition coefficient (Wildman–Crippen LogP) is 19.6. The number of fused-ring (bicyclic) bond motifs is 6. The first kappa shape index (κ1) is 56.4. The first-order chi connectivity index (χ1) is 37.9. The predicted molar refractivity (Wildman–Crippen MR) is 332 cm³/mol. The molecule has 6 nitrogen and oxygen atoms in total. The lowest BCUT2D eigenvalue weighted by Gasteiger charge is -2.29. The molecule has 410 valence electrons. The molecular formula is C73H83NO5. The van der Waals surface area contributed by atoms with Crippen molar-refractivity contribution in [3.63, 3.8) is 0 Å². The van der Waals surface area contributed by atoms with Crippen LogP contribution in [0.5, 0.6) is 23.0 Å². The zero-order chi connectivity index (χ0) is 56.0. The Kier molecular flexibility index (Phi) is 17.4. The Labute approximate surface area is 472 Å². The lowest BCUT2D eigenvalue weighted by Crippen LogP contribution is -2.18. The van der Waals surface area contributed by atoms with Gasteiger partial charge < -0.3 is 23.8 Å². The number of nitrogens with zero attached hydrogens (tertiary/aromatic N) is 1. The minimum absolute atomic E-state index is 0.142. The van der Waals surface area contributed by atoms with Crippen LogP contribution >= 0.6 is 0 Å². The van der Waals surface area contributed by atoms with Gasteiger partial charge in [-0.2, -0.15) is 0 Å². The molecule has 2 aliphatic carbocycles. The molecule has 0 N–H and O–H groups in total. The van der Waals surface area contributed by atoms with E-state index in [1.807, 2.05) is 18.2 Å². The number of hydrogen-bond acceptors (Lipinski definition) is 6. The number of aldehydes is 1. The molecule has 0 aliphatic heterocycles. The van der Waals surface area contributed by atoms with E-state index < -0.39 is 0 Å². The highest BCUT2D eigenvalue weighted by Gasteiger charge is 2.38. The van der Waals surface area contributed by atoms with Crippen LogP contribution in [0.4, 0.5) is 17.1 Å². The summed E-state index contributed by atoms with van der Waals surface area (Å²) in [5.74, 6) is 4.64. The number of benzene rings is 7. The second-order valence-corrected chi connectivity index (χ2v) is 24.5. The SMILES string of the molecule is CC(C)CCOc1cc(/C=C/c2cc(OCCC(C)C)c(/C=C/c3ccc(N(c4ccc5c(c4)C(C)(C)c4ccccc4-5)c4ccc5c(c4)C(C)(C)c4ccccc4-5)cc3)cc2OCCC(C)C)c(OCCC(C)C)cc1C=O. The van der Waals surface area contributed by atoms with Crippen molar-refractivity contribution in [2.24, 2.45) is 23.7 Å². The summed E-state index contributed by atoms with van der Waals surface area (Å²) in [7, 11) is 0. The molecule has 0 atom stereocenters. The molecule has 9 rings (SSSR count). The molecular weight excluding hydrogens is 971 g/mol. The number of anilines is 3. The molecule has 0 aromatic heterocycles. The van der Waals surface area contributed by atoms with Crippen LogP contribution in [0.25, 0.3) is 46.6 Å². The highest BCUT2D eigenvalue weighted by molar-refractivity contribution is 5.89. The number of rotatable bonds is 24. The minimum Gasteiger partial charge on any atom is -0.493 e. The van der Waals surface area contributed by atoms with Crippen molar-refractivity contribution in [1.82, 2.24) is 0 Å². The summed E-state index contributed by atoms with van der Waals surface area (Å²) in [6, 6.07) is 48.7. The lowest BCUT2D eigenvalue weighted by molar-refractivity contribution is 0.111. The number of carbonyl (C=O) groups excluding carboxylic acids is 1. The Bertz CT molecular complexity index is 3230.